The number of nitrogens with two attached hydrogens (primary N) is 1. The fourth-order valence-corrected chi connectivity index (χ4v) is 1.51. The van der Waals surface area contributed by atoms with Gasteiger partial charge in [-0.2, -0.15) is 0 Å². The minimum Gasteiger partial charge on any atom is -0.351 e. The Bertz CT molecular complexity index is 472. The van der Waals surface area contributed by atoms with E-state index < -0.39 is 6.03 Å². The number of aliphatic imine (C=N–C) groups is 1. The number of guanidine groups is 1. The van der Waals surface area contributed by atoms with Crippen molar-refractivity contribution in [2.24, 2.45) is 16.6 Å². The second kappa shape index (κ2) is 5.68. The summed E-state index contributed by atoms with van der Waals surface area (Å²) in [5, 5.41) is 5.72. The average molecular weight is 268 g/mol. The van der Waals surface area contributed by atoms with Crippen LogP contribution in [0.25, 0.3) is 0 Å². The van der Waals surface area contributed by atoms with Gasteiger partial charge in [0.25, 0.3) is 0 Å². The zero-order chi connectivity index (χ0) is 13.0. The van der Waals surface area contributed by atoms with Gasteiger partial charge in [-0.05, 0) is 30.9 Å². The molecule has 1 heterocycles. The van der Waals surface area contributed by atoms with E-state index in [-0.39, 0.29) is 5.96 Å². The highest BCUT2D eigenvalue weighted by molar-refractivity contribution is 6.33. The van der Waals surface area contributed by atoms with E-state index in [4.69, 9.17) is 17.3 Å². The van der Waals surface area contributed by atoms with Crippen molar-refractivity contribution in [3.63, 3.8) is 0 Å². The zero-order valence-electron chi connectivity index (χ0n) is 9.69. The molecule has 0 spiro atoms. The van der Waals surface area contributed by atoms with Gasteiger partial charge in [-0.25, -0.2) is 9.78 Å². The molecule has 1 aliphatic carbocycles. The predicted molar refractivity (Wildman–Crippen MR) is 70.6 cm³/mol. The summed E-state index contributed by atoms with van der Waals surface area (Å²) in [5.74, 6) is 1.31. The first-order chi connectivity index (χ1) is 8.65. The van der Waals surface area contributed by atoms with Crippen molar-refractivity contribution in [1.29, 1.82) is 0 Å². The van der Waals surface area contributed by atoms with E-state index in [1.165, 1.54) is 12.8 Å². The van der Waals surface area contributed by atoms with Crippen LogP contribution in [0.15, 0.2) is 23.3 Å². The third-order valence-corrected chi connectivity index (χ3v) is 2.75. The molecule has 2 rings (SSSR count). The minimum absolute atomic E-state index is 0.273. The third-order valence-electron chi connectivity index (χ3n) is 2.44. The molecule has 0 unspecified atom stereocenters. The molecule has 0 atom stereocenters. The maximum absolute atomic E-state index is 10.9. The maximum atomic E-state index is 10.9. The summed E-state index contributed by atoms with van der Waals surface area (Å²) in [6, 6.07) is 2.74. The van der Waals surface area contributed by atoms with Crippen molar-refractivity contribution in [2.75, 3.05) is 11.9 Å². The summed E-state index contributed by atoms with van der Waals surface area (Å²) >= 11 is 5.96. The van der Waals surface area contributed by atoms with E-state index >= 15 is 0 Å². The first-order valence-electron chi connectivity index (χ1n) is 5.63. The number of carbonyl (C=O) groups is 1. The zero-order valence-corrected chi connectivity index (χ0v) is 10.4. The predicted octanol–water partition coefficient (Wildman–Crippen LogP) is 1.58. The van der Waals surface area contributed by atoms with Crippen LogP contribution in [0.2, 0.25) is 5.02 Å². The van der Waals surface area contributed by atoms with Crippen LogP contribution in [0.1, 0.15) is 12.8 Å². The van der Waals surface area contributed by atoms with Gasteiger partial charge < -0.3 is 11.1 Å². The molecule has 2 amide bonds. The van der Waals surface area contributed by atoms with Gasteiger partial charge in [0, 0.05) is 12.7 Å². The highest BCUT2D eigenvalue weighted by Gasteiger charge is 2.21. The highest BCUT2D eigenvalue weighted by Crippen LogP contribution is 2.28. The molecule has 1 aromatic heterocycles. The van der Waals surface area contributed by atoms with E-state index in [1.807, 2.05) is 0 Å². The number of carbonyl (C=O) groups excluding carboxylic acids is 1. The lowest BCUT2D eigenvalue weighted by Crippen LogP contribution is -2.39. The van der Waals surface area contributed by atoms with E-state index in [1.54, 1.807) is 18.3 Å². The van der Waals surface area contributed by atoms with Crippen LogP contribution in [0, 0.1) is 5.92 Å². The molecule has 1 saturated carbocycles. The topological polar surface area (TPSA) is 92.4 Å². The fraction of sp³-hybridized carbons (Fsp3) is 0.364. The van der Waals surface area contributed by atoms with Gasteiger partial charge in [-0.3, -0.25) is 10.3 Å². The molecule has 1 aliphatic rings. The lowest BCUT2D eigenvalue weighted by Gasteiger charge is -2.10. The van der Waals surface area contributed by atoms with Gasteiger partial charge in [0.2, 0.25) is 5.96 Å². The van der Waals surface area contributed by atoms with Gasteiger partial charge in [0.05, 0.1) is 5.02 Å². The Labute approximate surface area is 110 Å². The number of nitrogens with zero attached hydrogens (tertiary/aromatic N) is 2. The first kappa shape index (κ1) is 12.6. The third kappa shape index (κ3) is 3.89. The first-order valence-corrected chi connectivity index (χ1v) is 6.01. The Kier molecular flexibility index (Phi) is 3.99. The van der Waals surface area contributed by atoms with E-state index in [0.29, 0.717) is 23.3 Å². The standard InChI is InChI=1S/C11H14ClN5O/c12-8-2-1-5-14-9(8)16-11(17-10(13)18)15-6-7-3-4-7/h1-2,5,7H,3-4,6H2,(H4,13,14,15,16,17,18). The summed E-state index contributed by atoms with van der Waals surface area (Å²) in [6.45, 7) is 0.660. The number of hydrogen-bond acceptors (Lipinski definition) is 3. The number of rotatable bonds is 3. The van der Waals surface area contributed by atoms with Gasteiger partial charge in [0.15, 0.2) is 5.82 Å². The Morgan fingerprint density at radius 1 is 1.61 bits per heavy atom. The molecule has 0 aromatic carbocycles. The number of anilines is 1. The minimum atomic E-state index is -0.677. The lowest BCUT2D eigenvalue weighted by atomic mass is 10.4. The Morgan fingerprint density at radius 2 is 2.39 bits per heavy atom. The second-order valence-corrected chi connectivity index (χ2v) is 4.49. The Hall–Kier alpha value is -1.82. The summed E-state index contributed by atoms with van der Waals surface area (Å²) in [5.41, 5.74) is 5.08. The van der Waals surface area contributed by atoms with E-state index in [0.717, 1.165) is 0 Å². The van der Waals surface area contributed by atoms with Crippen molar-refractivity contribution in [3.8, 4) is 0 Å². The number of urea groups is 1. The van der Waals surface area contributed by atoms with Crippen LogP contribution in [-0.2, 0) is 0 Å². The van der Waals surface area contributed by atoms with Crippen LogP contribution >= 0.6 is 11.6 Å². The Balaban J connectivity index is 2.06. The number of primary amides is 1. The molecule has 0 radical (unpaired) electrons. The van der Waals surface area contributed by atoms with Crippen LogP contribution in [0.5, 0.6) is 0 Å². The molecular weight excluding hydrogens is 254 g/mol. The number of pyridine rings is 1. The van der Waals surface area contributed by atoms with E-state index in [9.17, 15) is 4.79 Å². The van der Waals surface area contributed by atoms with Gasteiger partial charge in [-0.15, -0.1) is 0 Å². The molecule has 7 heteroatoms. The molecule has 6 nitrogen and oxygen atoms in total. The number of hydrogen-bond donors (Lipinski definition) is 3. The van der Waals surface area contributed by atoms with Gasteiger partial charge in [0.1, 0.15) is 0 Å². The normalized spacial score (nSPS) is 15.3. The quantitative estimate of drug-likeness (QED) is 0.573. The van der Waals surface area contributed by atoms with Crippen molar-refractivity contribution in [3.05, 3.63) is 23.4 Å². The fourth-order valence-electron chi connectivity index (χ4n) is 1.34. The molecule has 1 aromatic rings. The van der Waals surface area contributed by atoms with E-state index in [2.05, 4.69) is 20.6 Å². The number of aromatic nitrogens is 1. The van der Waals surface area contributed by atoms with Crippen molar-refractivity contribution in [2.45, 2.75) is 12.8 Å². The van der Waals surface area contributed by atoms with Crippen molar-refractivity contribution >= 4 is 29.4 Å². The van der Waals surface area contributed by atoms with Gasteiger partial charge in [-0.1, -0.05) is 11.6 Å². The molecular formula is C11H14ClN5O. The molecule has 0 bridgehead atoms. The van der Waals surface area contributed by atoms with Crippen LogP contribution in [-0.4, -0.2) is 23.5 Å². The number of halogens is 1. The number of amides is 2. The molecule has 0 aliphatic heterocycles. The van der Waals surface area contributed by atoms with Crippen molar-refractivity contribution < 1.29 is 4.79 Å². The average Bonchev–Trinajstić information content (AvgIpc) is 3.12. The van der Waals surface area contributed by atoms with Crippen LogP contribution in [0.4, 0.5) is 10.6 Å². The molecule has 1 fully saturated rings. The van der Waals surface area contributed by atoms with Crippen LogP contribution < -0.4 is 16.4 Å². The molecule has 18 heavy (non-hydrogen) atoms. The SMILES string of the molecule is NC(=O)NC(=NCC1CC1)Nc1ncccc1Cl. The largest absolute Gasteiger partial charge is 0.351 e. The van der Waals surface area contributed by atoms with Crippen LogP contribution in [0.3, 0.4) is 0 Å². The summed E-state index contributed by atoms with van der Waals surface area (Å²) in [4.78, 5) is 19.2. The molecule has 96 valence electrons. The summed E-state index contributed by atoms with van der Waals surface area (Å²) < 4.78 is 0. The monoisotopic (exact) mass is 267 g/mol. The lowest BCUT2D eigenvalue weighted by molar-refractivity contribution is 0.253. The van der Waals surface area contributed by atoms with Crippen molar-refractivity contribution in [1.82, 2.24) is 10.3 Å². The number of nitrogens with one attached hydrogen (secondary N) is 2. The molecule has 0 saturated heterocycles. The summed E-state index contributed by atoms with van der Waals surface area (Å²) in [7, 11) is 0. The molecule has 4 N–H and O–H groups in total. The smallest absolute Gasteiger partial charge is 0.318 e. The Morgan fingerprint density at radius 3 is 3.00 bits per heavy atom. The van der Waals surface area contributed by atoms with Gasteiger partial charge >= 0.3 is 6.03 Å². The maximum Gasteiger partial charge on any atom is 0.318 e. The second-order valence-electron chi connectivity index (χ2n) is 4.08. The highest BCUT2D eigenvalue weighted by atomic mass is 35.5. The summed E-state index contributed by atoms with van der Waals surface area (Å²) in [6.07, 6.45) is 3.95.